The molecule has 0 aliphatic carbocycles. The first-order chi connectivity index (χ1) is 7.75. The number of carbonyl (C=O) groups is 1. The second-order valence-corrected chi connectivity index (χ2v) is 4.61. The second-order valence-electron chi connectivity index (χ2n) is 4.61. The fraction of sp³-hybridized carbons (Fsp3) is 0.500. The van der Waals surface area contributed by atoms with Gasteiger partial charge in [0.15, 0.2) is 0 Å². The Bertz CT molecular complexity index is 356. The van der Waals surface area contributed by atoms with Crippen LogP contribution in [0.4, 0.5) is 0 Å². The molecule has 16 heavy (non-hydrogen) atoms. The Kier molecular flexibility index (Phi) is 3.60. The molecule has 86 valence electrons. The maximum Gasteiger partial charge on any atom is 0.222 e. The van der Waals surface area contributed by atoms with Gasteiger partial charge in [-0.3, -0.25) is 4.79 Å². The Hall–Kier alpha value is -1.31. The van der Waals surface area contributed by atoms with Crippen molar-refractivity contribution in [3.05, 3.63) is 35.4 Å². The monoisotopic (exact) mass is 217 g/mol. The van der Waals surface area contributed by atoms with Gasteiger partial charge in [-0.15, -0.1) is 0 Å². The van der Waals surface area contributed by atoms with Gasteiger partial charge in [0.25, 0.3) is 0 Å². The Labute approximate surface area is 97.3 Å². The van der Waals surface area contributed by atoms with Crippen LogP contribution in [0.2, 0.25) is 0 Å². The molecule has 0 N–H and O–H groups in total. The van der Waals surface area contributed by atoms with E-state index in [1.54, 1.807) is 0 Å². The third kappa shape index (κ3) is 2.84. The van der Waals surface area contributed by atoms with Gasteiger partial charge in [-0.1, -0.05) is 36.2 Å². The lowest BCUT2D eigenvalue weighted by Gasteiger charge is -2.20. The Morgan fingerprint density at radius 1 is 1.12 bits per heavy atom. The van der Waals surface area contributed by atoms with Crippen molar-refractivity contribution in [2.75, 3.05) is 6.54 Å². The summed E-state index contributed by atoms with van der Waals surface area (Å²) in [4.78, 5) is 13.8. The fourth-order valence-corrected chi connectivity index (χ4v) is 2.12. The number of hydrogen-bond donors (Lipinski definition) is 0. The predicted octanol–water partition coefficient (Wildman–Crippen LogP) is 2.90. The van der Waals surface area contributed by atoms with Crippen LogP contribution in [0.3, 0.4) is 0 Å². The van der Waals surface area contributed by atoms with Gasteiger partial charge in [0.1, 0.15) is 0 Å². The number of likely N-dealkylation sites (tertiary alicyclic amines) is 1. The minimum atomic E-state index is 0.318. The highest BCUT2D eigenvalue weighted by Gasteiger charge is 2.16. The minimum Gasteiger partial charge on any atom is -0.338 e. The SMILES string of the molecule is Cc1ccc(CN2CCCCCC2=O)cc1. The summed E-state index contributed by atoms with van der Waals surface area (Å²) >= 11 is 0. The fourth-order valence-electron chi connectivity index (χ4n) is 2.12. The molecule has 2 heteroatoms. The molecule has 0 atom stereocenters. The third-order valence-electron chi connectivity index (χ3n) is 3.17. The van der Waals surface area contributed by atoms with Crippen molar-refractivity contribution < 1.29 is 4.79 Å². The first kappa shape index (κ1) is 11.2. The summed E-state index contributed by atoms with van der Waals surface area (Å²) in [6.07, 6.45) is 4.13. The Morgan fingerprint density at radius 3 is 2.62 bits per heavy atom. The van der Waals surface area contributed by atoms with E-state index in [1.165, 1.54) is 17.5 Å². The summed E-state index contributed by atoms with van der Waals surface area (Å²) in [7, 11) is 0. The van der Waals surface area contributed by atoms with Gasteiger partial charge in [0.2, 0.25) is 5.91 Å². The summed E-state index contributed by atoms with van der Waals surface area (Å²) in [6, 6.07) is 8.45. The van der Waals surface area contributed by atoms with Crippen molar-refractivity contribution in [2.45, 2.75) is 39.2 Å². The Morgan fingerprint density at radius 2 is 1.88 bits per heavy atom. The van der Waals surface area contributed by atoms with Gasteiger partial charge in [-0.05, 0) is 25.3 Å². The number of aryl methyl sites for hydroxylation is 1. The zero-order chi connectivity index (χ0) is 11.4. The van der Waals surface area contributed by atoms with Gasteiger partial charge >= 0.3 is 0 Å². The predicted molar refractivity (Wildman–Crippen MR) is 65.1 cm³/mol. The number of nitrogens with zero attached hydrogens (tertiary/aromatic N) is 1. The van der Waals surface area contributed by atoms with E-state index in [9.17, 15) is 4.79 Å². The number of amides is 1. The van der Waals surface area contributed by atoms with Crippen LogP contribution in [0.5, 0.6) is 0 Å². The van der Waals surface area contributed by atoms with Gasteiger partial charge in [0.05, 0.1) is 0 Å². The summed E-state index contributed by atoms with van der Waals surface area (Å²) < 4.78 is 0. The lowest BCUT2D eigenvalue weighted by molar-refractivity contribution is -0.131. The van der Waals surface area contributed by atoms with E-state index in [0.717, 1.165) is 32.4 Å². The van der Waals surface area contributed by atoms with E-state index in [2.05, 4.69) is 31.2 Å². The van der Waals surface area contributed by atoms with Crippen molar-refractivity contribution in [2.24, 2.45) is 0 Å². The smallest absolute Gasteiger partial charge is 0.222 e. The molecule has 1 aromatic rings. The molecule has 0 radical (unpaired) electrons. The minimum absolute atomic E-state index is 0.318. The molecule has 1 aromatic carbocycles. The normalized spacial score (nSPS) is 17.3. The van der Waals surface area contributed by atoms with Gasteiger partial charge in [0, 0.05) is 19.5 Å². The first-order valence-corrected chi connectivity index (χ1v) is 6.09. The average Bonchev–Trinajstić information content (AvgIpc) is 2.48. The van der Waals surface area contributed by atoms with Gasteiger partial charge in [-0.2, -0.15) is 0 Å². The zero-order valence-corrected chi connectivity index (χ0v) is 9.91. The standard InChI is InChI=1S/C14H19NO/c1-12-6-8-13(9-7-12)11-15-10-4-2-3-5-14(15)16/h6-9H,2-5,10-11H2,1H3. The molecule has 1 saturated heterocycles. The third-order valence-corrected chi connectivity index (χ3v) is 3.17. The number of benzene rings is 1. The van der Waals surface area contributed by atoms with E-state index in [1.807, 2.05) is 4.90 Å². The lowest BCUT2D eigenvalue weighted by Crippen LogP contribution is -2.29. The number of hydrogen-bond acceptors (Lipinski definition) is 1. The molecule has 0 saturated carbocycles. The van der Waals surface area contributed by atoms with Crippen LogP contribution in [0.25, 0.3) is 0 Å². The summed E-state index contributed by atoms with van der Waals surface area (Å²) in [5, 5.41) is 0. The average molecular weight is 217 g/mol. The highest BCUT2D eigenvalue weighted by Crippen LogP contribution is 2.14. The maximum atomic E-state index is 11.8. The van der Waals surface area contributed by atoms with Crippen LogP contribution in [-0.4, -0.2) is 17.4 Å². The molecule has 0 spiro atoms. The molecule has 2 rings (SSSR count). The van der Waals surface area contributed by atoms with Crippen LogP contribution in [-0.2, 0) is 11.3 Å². The van der Waals surface area contributed by atoms with E-state index in [-0.39, 0.29) is 0 Å². The van der Waals surface area contributed by atoms with E-state index in [0.29, 0.717) is 5.91 Å². The number of rotatable bonds is 2. The van der Waals surface area contributed by atoms with Crippen molar-refractivity contribution in [3.8, 4) is 0 Å². The first-order valence-electron chi connectivity index (χ1n) is 6.09. The maximum absolute atomic E-state index is 11.8. The molecule has 1 aliphatic heterocycles. The van der Waals surface area contributed by atoms with Crippen LogP contribution in [0.15, 0.2) is 24.3 Å². The quantitative estimate of drug-likeness (QED) is 0.746. The molecule has 1 aliphatic rings. The summed E-state index contributed by atoms with van der Waals surface area (Å²) in [5.41, 5.74) is 2.51. The highest BCUT2D eigenvalue weighted by molar-refractivity contribution is 5.76. The molecule has 0 aromatic heterocycles. The summed E-state index contributed by atoms with van der Waals surface area (Å²) in [5.74, 6) is 0.318. The van der Waals surface area contributed by atoms with Crippen LogP contribution < -0.4 is 0 Å². The van der Waals surface area contributed by atoms with Crippen molar-refractivity contribution in [3.63, 3.8) is 0 Å². The highest BCUT2D eigenvalue weighted by atomic mass is 16.2. The van der Waals surface area contributed by atoms with E-state index >= 15 is 0 Å². The van der Waals surface area contributed by atoms with Gasteiger partial charge < -0.3 is 4.90 Å². The van der Waals surface area contributed by atoms with Gasteiger partial charge in [-0.25, -0.2) is 0 Å². The number of carbonyl (C=O) groups excluding carboxylic acids is 1. The van der Waals surface area contributed by atoms with E-state index in [4.69, 9.17) is 0 Å². The van der Waals surface area contributed by atoms with E-state index < -0.39 is 0 Å². The molecule has 2 nitrogen and oxygen atoms in total. The van der Waals surface area contributed by atoms with Crippen LogP contribution >= 0.6 is 0 Å². The zero-order valence-electron chi connectivity index (χ0n) is 9.91. The second kappa shape index (κ2) is 5.15. The molecule has 0 bridgehead atoms. The van der Waals surface area contributed by atoms with Crippen LogP contribution in [0, 0.1) is 6.92 Å². The molecular formula is C14H19NO. The lowest BCUT2D eigenvalue weighted by atomic mass is 10.1. The largest absolute Gasteiger partial charge is 0.338 e. The van der Waals surface area contributed by atoms with Crippen molar-refractivity contribution >= 4 is 5.91 Å². The molecule has 1 fully saturated rings. The molecule has 1 amide bonds. The van der Waals surface area contributed by atoms with Crippen molar-refractivity contribution in [1.82, 2.24) is 4.90 Å². The molecule has 1 heterocycles. The van der Waals surface area contributed by atoms with Crippen molar-refractivity contribution in [1.29, 1.82) is 0 Å². The molecule has 0 unspecified atom stereocenters. The van der Waals surface area contributed by atoms with Crippen LogP contribution in [0.1, 0.15) is 36.8 Å². The molecular weight excluding hydrogens is 198 g/mol. The summed E-state index contributed by atoms with van der Waals surface area (Å²) in [6.45, 7) is 3.78. The topological polar surface area (TPSA) is 20.3 Å². The Balaban J connectivity index is 2.02.